The van der Waals surface area contributed by atoms with Gasteiger partial charge in [-0.25, -0.2) is 8.42 Å². The van der Waals surface area contributed by atoms with Crippen molar-refractivity contribution in [3.05, 3.63) is 59.7 Å². The Bertz CT molecular complexity index is 1100. The highest BCUT2D eigenvalue weighted by molar-refractivity contribution is 7.92. The van der Waals surface area contributed by atoms with Crippen LogP contribution in [0.5, 0.6) is 5.75 Å². The van der Waals surface area contributed by atoms with Crippen molar-refractivity contribution in [2.45, 2.75) is 53.1 Å². The number of rotatable bonds is 13. The highest BCUT2D eigenvalue weighted by Crippen LogP contribution is 2.20. The molecule has 2 aromatic rings. The number of carbonyl (C=O) groups is 2. The summed E-state index contributed by atoms with van der Waals surface area (Å²) in [6, 6.07) is 13.9. The molecule has 9 heteroatoms. The monoisotopic (exact) mass is 517 g/mol. The summed E-state index contributed by atoms with van der Waals surface area (Å²) in [6.07, 6.45) is 1.58. The van der Waals surface area contributed by atoms with Gasteiger partial charge in [0.25, 0.3) is 0 Å². The lowest BCUT2D eigenvalue weighted by Gasteiger charge is -2.29. The van der Waals surface area contributed by atoms with Crippen molar-refractivity contribution < 1.29 is 22.7 Å². The fourth-order valence-electron chi connectivity index (χ4n) is 3.68. The van der Waals surface area contributed by atoms with Gasteiger partial charge in [-0.05, 0) is 56.0 Å². The van der Waals surface area contributed by atoms with E-state index in [1.54, 1.807) is 31.1 Å². The lowest BCUT2D eigenvalue weighted by molar-refractivity contribution is -0.140. The lowest BCUT2D eigenvalue weighted by atomic mass is 10.1. The molecule has 2 amide bonds. The Morgan fingerprint density at radius 2 is 1.61 bits per heavy atom. The SMILES string of the molecule is COc1ccc(CN(C(=O)CCCN(c2ccc(C)cc2)S(C)(=O)=O)[C@H](C)C(=O)NCC(C)C)cc1. The van der Waals surface area contributed by atoms with Crippen LogP contribution in [0, 0.1) is 12.8 Å². The third-order valence-electron chi connectivity index (χ3n) is 5.84. The van der Waals surface area contributed by atoms with Crippen LogP contribution in [0.15, 0.2) is 48.5 Å². The number of nitrogens with zero attached hydrogens (tertiary/aromatic N) is 2. The first-order valence-electron chi connectivity index (χ1n) is 12.2. The van der Waals surface area contributed by atoms with E-state index >= 15 is 0 Å². The van der Waals surface area contributed by atoms with E-state index in [4.69, 9.17) is 4.74 Å². The number of amides is 2. The summed E-state index contributed by atoms with van der Waals surface area (Å²) < 4.78 is 31.3. The molecule has 2 rings (SSSR count). The van der Waals surface area contributed by atoms with Crippen molar-refractivity contribution in [1.29, 1.82) is 0 Å². The number of anilines is 1. The van der Waals surface area contributed by atoms with Crippen molar-refractivity contribution in [3.63, 3.8) is 0 Å². The Balaban J connectivity index is 2.15. The van der Waals surface area contributed by atoms with Crippen LogP contribution < -0.4 is 14.4 Å². The van der Waals surface area contributed by atoms with Gasteiger partial charge >= 0.3 is 0 Å². The Hall–Kier alpha value is -3.07. The van der Waals surface area contributed by atoms with E-state index in [-0.39, 0.29) is 37.2 Å². The number of aryl methyl sites for hydroxylation is 1. The number of ether oxygens (including phenoxy) is 1. The van der Waals surface area contributed by atoms with Gasteiger partial charge in [0.1, 0.15) is 11.8 Å². The molecule has 0 saturated heterocycles. The van der Waals surface area contributed by atoms with E-state index in [9.17, 15) is 18.0 Å². The van der Waals surface area contributed by atoms with Crippen LogP contribution in [0.2, 0.25) is 0 Å². The average molecular weight is 518 g/mol. The molecule has 0 fully saturated rings. The topological polar surface area (TPSA) is 96.0 Å². The first kappa shape index (κ1) is 29.2. The molecule has 0 aliphatic carbocycles. The van der Waals surface area contributed by atoms with Gasteiger partial charge in [0.15, 0.2) is 0 Å². The summed E-state index contributed by atoms with van der Waals surface area (Å²) in [7, 11) is -1.93. The summed E-state index contributed by atoms with van der Waals surface area (Å²) in [5, 5.41) is 2.90. The Kier molecular flexibility index (Phi) is 10.8. The highest BCUT2D eigenvalue weighted by atomic mass is 32.2. The molecule has 1 atom stereocenters. The van der Waals surface area contributed by atoms with Gasteiger partial charge in [0.2, 0.25) is 21.8 Å². The van der Waals surface area contributed by atoms with Crippen molar-refractivity contribution in [2.24, 2.45) is 5.92 Å². The first-order valence-corrected chi connectivity index (χ1v) is 14.0. The molecule has 0 saturated carbocycles. The van der Waals surface area contributed by atoms with Crippen LogP contribution in [-0.4, -0.2) is 57.6 Å². The third kappa shape index (κ3) is 8.86. The van der Waals surface area contributed by atoms with Gasteiger partial charge in [0, 0.05) is 26.1 Å². The van der Waals surface area contributed by atoms with Crippen molar-refractivity contribution in [2.75, 3.05) is 30.8 Å². The predicted octanol–water partition coefficient (Wildman–Crippen LogP) is 3.74. The smallest absolute Gasteiger partial charge is 0.242 e. The molecule has 2 aromatic carbocycles. The van der Waals surface area contributed by atoms with Crippen molar-refractivity contribution in [3.8, 4) is 5.75 Å². The third-order valence-corrected chi connectivity index (χ3v) is 7.03. The number of carbonyl (C=O) groups excluding carboxylic acids is 2. The van der Waals surface area contributed by atoms with Crippen LogP contribution in [0.1, 0.15) is 44.7 Å². The summed E-state index contributed by atoms with van der Waals surface area (Å²) >= 11 is 0. The summed E-state index contributed by atoms with van der Waals surface area (Å²) in [5.74, 6) is 0.560. The fourth-order valence-corrected chi connectivity index (χ4v) is 4.64. The normalized spacial score (nSPS) is 12.2. The number of sulfonamides is 1. The van der Waals surface area contributed by atoms with Gasteiger partial charge in [0.05, 0.1) is 19.1 Å². The van der Waals surface area contributed by atoms with Crippen LogP contribution in [0.3, 0.4) is 0 Å². The zero-order valence-electron chi connectivity index (χ0n) is 22.2. The maximum absolute atomic E-state index is 13.3. The zero-order chi connectivity index (χ0) is 26.9. The van der Waals surface area contributed by atoms with E-state index in [1.165, 1.54) is 4.31 Å². The molecular formula is C27H39N3O5S. The summed E-state index contributed by atoms with van der Waals surface area (Å²) in [6.45, 7) is 8.60. The number of hydrogen-bond acceptors (Lipinski definition) is 5. The van der Waals surface area contributed by atoms with E-state index in [0.29, 0.717) is 24.4 Å². The molecular weight excluding hydrogens is 478 g/mol. The van der Waals surface area contributed by atoms with Crippen LogP contribution in [0.4, 0.5) is 5.69 Å². The maximum Gasteiger partial charge on any atom is 0.242 e. The molecule has 0 spiro atoms. The molecule has 1 N–H and O–H groups in total. The zero-order valence-corrected chi connectivity index (χ0v) is 23.0. The summed E-state index contributed by atoms with van der Waals surface area (Å²) in [5.41, 5.74) is 2.46. The van der Waals surface area contributed by atoms with Gasteiger partial charge in [-0.2, -0.15) is 0 Å². The maximum atomic E-state index is 13.3. The minimum Gasteiger partial charge on any atom is -0.497 e. The number of benzene rings is 2. The van der Waals surface area contributed by atoms with Gasteiger partial charge in [-0.3, -0.25) is 13.9 Å². The Labute approximate surface area is 215 Å². The van der Waals surface area contributed by atoms with Gasteiger partial charge in [-0.1, -0.05) is 43.7 Å². The Morgan fingerprint density at radius 3 is 2.14 bits per heavy atom. The second-order valence-electron chi connectivity index (χ2n) is 9.46. The molecule has 198 valence electrons. The first-order chi connectivity index (χ1) is 16.9. The molecule has 0 bridgehead atoms. The largest absolute Gasteiger partial charge is 0.497 e. The van der Waals surface area contributed by atoms with Crippen molar-refractivity contribution >= 4 is 27.5 Å². The molecule has 0 aliphatic rings. The van der Waals surface area contributed by atoms with E-state index in [2.05, 4.69) is 5.32 Å². The molecule has 0 aliphatic heterocycles. The van der Waals surface area contributed by atoms with E-state index in [1.807, 2.05) is 57.2 Å². The quantitative estimate of drug-likeness (QED) is 0.437. The molecule has 8 nitrogen and oxygen atoms in total. The highest BCUT2D eigenvalue weighted by Gasteiger charge is 2.26. The molecule has 0 radical (unpaired) electrons. The predicted molar refractivity (Wildman–Crippen MR) is 143 cm³/mol. The fraction of sp³-hybridized carbons (Fsp3) is 0.481. The second-order valence-corrected chi connectivity index (χ2v) is 11.4. The second kappa shape index (κ2) is 13.3. The van der Waals surface area contributed by atoms with E-state index < -0.39 is 16.1 Å². The van der Waals surface area contributed by atoms with Gasteiger partial charge < -0.3 is 15.0 Å². The van der Waals surface area contributed by atoms with Crippen LogP contribution in [-0.2, 0) is 26.2 Å². The number of nitrogens with one attached hydrogen (secondary N) is 1. The van der Waals surface area contributed by atoms with E-state index in [0.717, 1.165) is 17.4 Å². The molecule has 36 heavy (non-hydrogen) atoms. The molecule has 0 aromatic heterocycles. The minimum absolute atomic E-state index is 0.107. The molecule has 0 heterocycles. The minimum atomic E-state index is -3.52. The lowest BCUT2D eigenvalue weighted by Crippen LogP contribution is -2.48. The average Bonchev–Trinajstić information content (AvgIpc) is 2.83. The Morgan fingerprint density at radius 1 is 1.00 bits per heavy atom. The molecule has 0 unspecified atom stereocenters. The van der Waals surface area contributed by atoms with Gasteiger partial charge in [-0.15, -0.1) is 0 Å². The van der Waals surface area contributed by atoms with Crippen molar-refractivity contribution in [1.82, 2.24) is 10.2 Å². The summed E-state index contributed by atoms with van der Waals surface area (Å²) in [4.78, 5) is 27.7. The number of hydrogen-bond donors (Lipinski definition) is 1. The van der Waals surface area contributed by atoms with Crippen LogP contribution >= 0.6 is 0 Å². The van der Waals surface area contributed by atoms with Crippen LogP contribution in [0.25, 0.3) is 0 Å². The number of methoxy groups -OCH3 is 1. The standard InChI is InChI=1S/C27H39N3O5S/c1-20(2)18-28-27(32)22(4)29(19-23-11-15-25(35-5)16-12-23)26(31)8-7-17-30(36(6,33)34)24-13-9-21(3)10-14-24/h9-16,20,22H,7-8,17-19H2,1-6H3,(H,28,32)/t22-/m1/s1.